The van der Waals surface area contributed by atoms with Crippen molar-refractivity contribution in [1.29, 1.82) is 5.26 Å². The molecule has 0 atom stereocenters. The van der Waals surface area contributed by atoms with Gasteiger partial charge in [-0.05, 0) is 62.6 Å². The normalized spacial score (nSPS) is 10.8. The van der Waals surface area contributed by atoms with E-state index in [1.165, 1.54) is 5.56 Å². The Bertz CT molecular complexity index is 1040. The highest BCUT2D eigenvalue weighted by Crippen LogP contribution is 2.28. The zero-order valence-electron chi connectivity index (χ0n) is 12.6. The standard InChI is InChI=1S/C19H12BrN3S/c20-16-5-6-18-22-19(15-3-1-13(10-21)2-4-15)17(23(18)11-16)9-14-7-8-24-12-14/h1-8,11-12H,9H2. The summed E-state index contributed by atoms with van der Waals surface area (Å²) >= 11 is 5.25. The number of aromatic nitrogens is 2. The number of fused-ring (bicyclic) bond motifs is 1. The summed E-state index contributed by atoms with van der Waals surface area (Å²) in [7, 11) is 0. The predicted octanol–water partition coefficient (Wildman–Crippen LogP) is 5.29. The highest BCUT2D eigenvalue weighted by atomic mass is 79.9. The predicted molar refractivity (Wildman–Crippen MR) is 100 cm³/mol. The number of rotatable bonds is 3. The summed E-state index contributed by atoms with van der Waals surface area (Å²) < 4.78 is 3.15. The van der Waals surface area contributed by atoms with Crippen molar-refractivity contribution in [2.24, 2.45) is 0 Å². The lowest BCUT2D eigenvalue weighted by Crippen LogP contribution is -1.96. The van der Waals surface area contributed by atoms with Gasteiger partial charge >= 0.3 is 0 Å². The van der Waals surface area contributed by atoms with Gasteiger partial charge in [0.2, 0.25) is 0 Å². The third-order valence-corrected chi connectivity index (χ3v) is 5.12. The monoisotopic (exact) mass is 393 g/mol. The number of nitriles is 1. The van der Waals surface area contributed by atoms with Crippen LogP contribution in [0.2, 0.25) is 0 Å². The summed E-state index contributed by atoms with van der Waals surface area (Å²) in [4.78, 5) is 4.82. The molecule has 3 nitrogen and oxygen atoms in total. The van der Waals surface area contributed by atoms with Crippen LogP contribution in [0.3, 0.4) is 0 Å². The fourth-order valence-corrected chi connectivity index (χ4v) is 3.76. The minimum absolute atomic E-state index is 0.657. The van der Waals surface area contributed by atoms with Gasteiger partial charge in [-0.15, -0.1) is 0 Å². The van der Waals surface area contributed by atoms with E-state index in [9.17, 15) is 0 Å². The average molecular weight is 394 g/mol. The van der Waals surface area contributed by atoms with Crippen molar-refractivity contribution in [2.45, 2.75) is 6.42 Å². The lowest BCUT2D eigenvalue weighted by atomic mass is 10.0. The second-order valence-electron chi connectivity index (χ2n) is 5.48. The van der Waals surface area contributed by atoms with E-state index >= 15 is 0 Å². The molecule has 116 valence electrons. The fourth-order valence-electron chi connectivity index (χ4n) is 2.76. The molecule has 4 aromatic rings. The minimum atomic E-state index is 0.657. The molecule has 24 heavy (non-hydrogen) atoms. The Hall–Kier alpha value is -2.42. The first-order chi connectivity index (χ1) is 11.7. The zero-order valence-corrected chi connectivity index (χ0v) is 15.0. The van der Waals surface area contributed by atoms with Gasteiger partial charge < -0.3 is 4.40 Å². The lowest BCUT2D eigenvalue weighted by Gasteiger charge is -2.05. The van der Waals surface area contributed by atoms with Crippen LogP contribution in [0.25, 0.3) is 16.9 Å². The molecule has 4 rings (SSSR count). The Morgan fingerprint density at radius 1 is 1.12 bits per heavy atom. The topological polar surface area (TPSA) is 41.1 Å². The van der Waals surface area contributed by atoms with Gasteiger partial charge in [-0.2, -0.15) is 16.6 Å². The average Bonchev–Trinajstić information content (AvgIpc) is 3.24. The summed E-state index contributed by atoms with van der Waals surface area (Å²) in [6, 6.07) is 15.9. The molecule has 1 aromatic carbocycles. The van der Waals surface area contributed by atoms with Crippen molar-refractivity contribution in [3.05, 3.63) is 80.7 Å². The summed E-state index contributed by atoms with van der Waals surface area (Å²) in [6.07, 6.45) is 2.87. The first-order valence-corrected chi connectivity index (χ1v) is 9.16. The number of halogens is 1. The van der Waals surface area contributed by atoms with E-state index in [0.29, 0.717) is 5.56 Å². The highest BCUT2D eigenvalue weighted by molar-refractivity contribution is 9.10. The molecule has 0 saturated heterocycles. The van der Waals surface area contributed by atoms with E-state index in [-0.39, 0.29) is 0 Å². The van der Waals surface area contributed by atoms with Gasteiger partial charge in [0.05, 0.1) is 23.0 Å². The van der Waals surface area contributed by atoms with Gasteiger partial charge in [-0.1, -0.05) is 12.1 Å². The van der Waals surface area contributed by atoms with Crippen molar-refractivity contribution >= 4 is 32.9 Å². The summed E-state index contributed by atoms with van der Waals surface area (Å²) in [5, 5.41) is 13.3. The maximum Gasteiger partial charge on any atom is 0.137 e. The molecule has 5 heteroatoms. The quantitative estimate of drug-likeness (QED) is 0.474. The Labute approximate surface area is 152 Å². The SMILES string of the molecule is N#Cc1ccc(-c2nc3ccc(Br)cn3c2Cc2ccsc2)cc1. The third-order valence-electron chi connectivity index (χ3n) is 3.92. The molecule has 0 aliphatic heterocycles. The molecule has 0 amide bonds. The molecule has 0 radical (unpaired) electrons. The molecule has 0 spiro atoms. The van der Waals surface area contributed by atoms with E-state index in [2.05, 4.69) is 49.4 Å². The molecule has 0 bridgehead atoms. The van der Waals surface area contributed by atoms with Crippen LogP contribution in [0.4, 0.5) is 0 Å². The van der Waals surface area contributed by atoms with Gasteiger partial charge in [0, 0.05) is 22.7 Å². The number of nitrogens with zero attached hydrogens (tertiary/aromatic N) is 3. The van der Waals surface area contributed by atoms with E-state index in [1.54, 1.807) is 11.3 Å². The van der Waals surface area contributed by atoms with Crippen LogP contribution < -0.4 is 0 Å². The number of hydrogen-bond acceptors (Lipinski definition) is 3. The maximum absolute atomic E-state index is 9.00. The fraction of sp³-hybridized carbons (Fsp3) is 0.0526. The molecule has 0 fully saturated rings. The molecule has 0 unspecified atom stereocenters. The lowest BCUT2D eigenvalue weighted by molar-refractivity contribution is 1.03. The Morgan fingerprint density at radius 3 is 2.67 bits per heavy atom. The largest absolute Gasteiger partial charge is 0.302 e. The number of benzene rings is 1. The van der Waals surface area contributed by atoms with Crippen molar-refractivity contribution < 1.29 is 0 Å². The first-order valence-electron chi connectivity index (χ1n) is 7.43. The number of hydrogen-bond donors (Lipinski definition) is 0. The molecule has 0 aliphatic rings. The Balaban J connectivity index is 1.91. The number of thiophene rings is 1. The van der Waals surface area contributed by atoms with Gasteiger partial charge in [-0.3, -0.25) is 0 Å². The molecule has 0 N–H and O–H groups in total. The van der Waals surface area contributed by atoms with Crippen LogP contribution in [-0.2, 0) is 6.42 Å². The van der Waals surface area contributed by atoms with Gasteiger partial charge in [-0.25, -0.2) is 4.98 Å². The van der Waals surface area contributed by atoms with E-state index < -0.39 is 0 Å². The van der Waals surface area contributed by atoms with Crippen molar-refractivity contribution in [3.8, 4) is 17.3 Å². The van der Waals surface area contributed by atoms with Crippen molar-refractivity contribution in [1.82, 2.24) is 9.38 Å². The van der Waals surface area contributed by atoms with Crippen LogP contribution in [0, 0.1) is 11.3 Å². The van der Waals surface area contributed by atoms with Crippen molar-refractivity contribution in [2.75, 3.05) is 0 Å². The minimum Gasteiger partial charge on any atom is -0.302 e. The zero-order chi connectivity index (χ0) is 16.5. The van der Waals surface area contributed by atoms with Gasteiger partial charge in [0.1, 0.15) is 5.65 Å². The number of imidazole rings is 1. The molecule has 0 saturated carbocycles. The van der Waals surface area contributed by atoms with Crippen LogP contribution in [0.1, 0.15) is 16.8 Å². The van der Waals surface area contributed by atoms with E-state index in [4.69, 9.17) is 10.2 Å². The van der Waals surface area contributed by atoms with Crippen LogP contribution >= 0.6 is 27.3 Å². The van der Waals surface area contributed by atoms with Crippen LogP contribution in [0.15, 0.2) is 63.9 Å². The Kier molecular flexibility index (Phi) is 3.93. The van der Waals surface area contributed by atoms with Gasteiger partial charge in [0.15, 0.2) is 0 Å². The molecular formula is C19H12BrN3S. The number of pyridine rings is 1. The second-order valence-corrected chi connectivity index (χ2v) is 7.18. The van der Waals surface area contributed by atoms with Crippen molar-refractivity contribution in [3.63, 3.8) is 0 Å². The van der Waals surface area contributed by atoms with Crippen LogP contribution in [-0.4, -0.2) is 9.38 Å². The third kappa shape index (κ3) is 2.75. The molecule has 3 heterocycles. The first kappa shape index (κ1) is 15.1. The van der Waals surface area contributed by atoms with E-state index in [0.717, 1.165) is 33.5 Å². The Morgan fingerprint density at radius 2 is 1.96 bits per heavy atom. The molecular weight excluding hydrogens is 382 g/mol. The summed E-state index contributed by atoms with van der Waals surface area (Å²) in [6.45, 7) is 0. The summed E-state index contributed by atoms with van der Waals surface area (Å²) in [5.41, 5.74) is 5.99. The second kappa shape index (κ2) is 6.23. The molecule has 0 aliphatic carbocycles. The summed E-state index contributed by atoms with van der Waals surface area (Å²) in [5.74, 6) is 0. The van der Waals surface area contributed by atoms with Gasteiger partial charge in [0.25, 0.3) is 0 Å². The highest BCUT2D eigenvalue weighted by Gasteiger charge is 2.15. The van der Waals surface area contributed by atoms with Crippen LogP contribution in [0.5, 0.6) is 0 Å². The smallest absolute Gasteiger partial charge is 0.137 e. The van der Waals surface area contributed by atoms with E-state index in [1.807, 2.05) is 36.4 Å². The maximum atomic E-state index is 9.00. The molecule has 3 aromatic heterocycles.